The molecule has 0 N–H and O–H groups in total. The fourth-order valence-corrected chi connectivity index (χ4v) is 4.52. The number of benzene rings is 2. The van der Waals surface area contributed by atoms with Gasteiger partial charge in [0.1, 0.15) is 5.69 Å². The fraction of sp³-hybridized carbons (Fsp3) is 0.308. The molecule has 33 heavy (non-hydrogen) atoms. The van der Waals surface area contributed by atoms with Gasteiger partial charge in [0.2, 0.25) is 17.7 Å². The van der Waals surface area contributed by atoms with Gasteiger partial charge in [-0.25, -0.2) is 0 Å². The normalized spacial score (nSPS) is 18.1. The van der Waals surface area contributed by atoms with Crippen LogP contribution in [0.25, 0.3) is 11.3 Å². The van der Waals surface area contributed by atoms with Gasteiger partial charge in [-0.1, -0.05) is 59.8 Å². The van der Waals surface area contributed by atoms with Crippen LogP contribution >= 0.6 is 0 Å². The zero-order valence-electron chi connectivity index (χ0n) is 19.1. The first-order valence-corrected chi connectivity index (χ1v) is 11.0. The highest BCUT2D eigenvalue weighted by molar-refractivity contribution is 6.10. The number of imide groups is 1. The molecule has 1 aliphatic heterocycles. The number of aromatic nitrogens is 1. The van der Waals surface area contributed by atoms with Crippen LogP contribution in [-0.2, 0) is 26.3 Å². The Morgan fingerprint density at radius 2 is 1.82 bits per heavy atom. The second-order valence-electron chi connectivity index (χ2n) is 8.49. The second kappa shape index (κ2) is 9.02. The van der Waals surface area contributed by atoms with E-state index in [9.17, 15) is 14.4 Å². The minimum absolute atomic E-state index is 0.00772. The molecule has 0 spiro atoms. The Bertz CT molecular complexity index is 1190. The predicted molar refractivity (Wildman–Crippen MR) is 123 cm³/mol. The van der Waals surface area contributed by atoms with Crippen LogP contribution in [0.4, 0.5) is 0 Å². The molecule has 7 heteroatoms. The Morgan fingerprint density at radius 1 is 1.12 bits per heavy atom. The van der Waals surface area contributed by atoms with Crippen molar-refractivity contribution >= 4 is 17.7 Å². The molecule has 1 fully saturated rings. The van der Waals surface area contributed by atoms with Crippen molar-refractivity contribution in [1.82, 2.24) is 15.0 Å². The number of carbonyl (C=O) groups excluding carboxylic acids is 3. The minimum atomic E-state index is -1.19. The lowest BCUT2D eigenvalue weighted by atomic mass is 9.74. The molecular formula is C26H27N3O4. The van der Waals surface area contributed by atoms with Crippen LogP contribution < -0.4 is 0 Å². The maximum atomic E-state index is 13.4. The van der Waals surface area contributed by atoms with Gasteiger partial charge in [-0.2, -0.15) is 0 Å². The van der Waals surface area contributed by atoms with Gasteiger partial charge in [0.25, 0.3) is 0 Å². The van der Waals surface area contributed by atoms with Crippen molar-refractivity contribution in [2.24, 2.45) is 0 Å². The lowest BCUT2D eigenvalue weighted by molar-refractivity contribution is -0.142. The Balaban J connectivity index is 1.57. The van der Waals surface area contributed by atoms with E-state index in [2.05, 4.69) is 5.16 Å². The van der Waals surface area contributed by atoms with E-state index >= 15 is 0 Å². The topological polar surface area (TPSA) is 83.7 Å². The van der Waals surface area contributed by atoms with E-state index in [0.29, 0.717) is 11.5 Å². The number of carbonyl (C=O) groups is 3. The molecule has 1 saturated heterocycles. The van der Waals surface area contributed by atoms with Gasteiger partial charge in [-0.3, -0.25) is 19.3 Å². The maximum Gasteiger partial charge on any atom is 0.240 e. The quantitative estimate of drug-likeness (QED) is 0.518. The van der Waals surface area contributed by atoms with Gasteiger partial charge < -0.3 is 9.42 Å². The van der Waals surface area contributed by atoms with Crippen molar-refractivity contribution in [3.63, 3.8) is 0 Å². The molecule has 0 aliphatic carbocycles. The monoisotopic (exact) mass is 445 g/mol. The largest absolute Gasteiger partial charge is 0.356 e. The molecule has 1 atom stereocenters. The maximum absolute atomic E-state index is 13.4. The van der Waals surface area contributed by atoms with Crippen LogP contribution in [0, 0.1) is 6.92 Å². The third kappa shape index (κ3) is 4.18. The number of hydrogen-bond donors (Lipinski definition) is 0. The Kier molecular flexibility index (Phi) is 6.14. The standard InChI is InChI=1S/C26H27N3O4/c1-4-29-24(31)16-26(25(29)32,21-13-9-8-10-18(21)2)15-23(30)28(3)17-20-14-22(33-27-20)19-11-6-5-7-12-19/h5-14H,4,15-17H2,1-3H3/t26-/m1/s1. The molecule has 4 rings (SSSR count). The van der Waals surface area contributed by atoms with Crippen LogP contribution in [0.3, 0.4) is 0 Å². The van der Waals surface area contributed by atoms with Gasteiger partial charge in [0.05, 0.1) is 12.0 Å². The Morgan fingerprint density at radius 3 is 2.48 bits per heavy atom. The number of hydrogen-bond acceptors (Lipinski definition) is 5. The first kappa shape index (κ1) is 22.5. The molecule has 0 bridgehead atoms. The summed E-state index contributed by atoms with van der Waals surface area (Å²) in [5.41, 5.74) is 1.94. The van der Waals surface area contributed by atoms with Crippen LogP contribution in [0.5, 0.6) is 0 Å². The Labute approximate surface area is 193 Å². The summed E-state index contributed by atoms with van der Waals surface area (Å²) in [6.07, 6.45) is -0.0922. The molecule has 0 saturated carbocycles. The minimum Gasteiger partial charge on any atom is -0.356 e. The molecule has 2 aromatic carbocycles. The molecule has 3 amide bonds. The van der Waals surface area contributed by atoms with Gasteiger partial charge in [-0.05, 0) is 25.0 Å². The van der Waals surface area contributed by atoms with Crippen molar-refractivity contribution in [3.8, 4) is 11.3 Å². The van der Waals surface area contributed by atoms with Crippen molar-refractivity contribution < 1.29 is 18.9 Å². The number of rotatable bonds is 7. The van der Waals surface area contributed by atoms with Crippen LogP contribution in [-0.4, -0.2) is 46.3 Å². The van der Waals surface area contributed by atoms with E-state index in [-0.39, 0.29) is 43.7 Å². The summed E-state index contributed by atoms with van der Waals surface area (Å²) in [5, 5.41) is 4.09. The first-order chi connectivity index (χ1) is 15.9. The number of amides is 3. The van der Waals surface area contributed by atoms with E-state index in [0.717, 1.165) is 16.7 Å². The third-order valence-corrected chi connectivity index (χ3v) is 6.28. The van der Waals surface area contributed by atoms with Crippen molar-refractivity contribution in [1.29, 1.82) is 0 Å². The highest BCUT2D eigenvalue weighted by atomic mass is 16.5. The number of aryl methyl sites for hydroxylation is 1. The molecule has 7 nitrogen and oxygen atoms in total. The summed E-state index contributed by atoms with van der Waals surface area (Å²) in [5.74, 6) is -0.163. The SMILES string of the molecule is CCN1C(=O)C[C@](CC(=O)N(C)Cc2cc(-c3ccccc3)on2)(c2ccccc2C)C1=O. The van der Waals surface area contributed by atoms with Crippen molar-refractivity contribution in [2.45, 2.75) is 38.6 Å². The van der Waals surface area contributed by atoms with Crippen molar-refractivity contribution in [3.05, 3.63) is 77.5 Å². The molecule has 3 aromatic rings. The van der Waals surface area contributed by atoms with Gasteiger partial charge >= 0.3 is 0 Å². The molecule has 1 aromatic heterocycles. The molecule has 0 radical (unpaired) electrons. The van der Waals surface area contributed by atoms with Gasteiger partial charge in [0, 0.05) is 38.1 Å². The zero-order chi connectivity index (χ0) is 23.6. The summed E-state index contributed by atoms with van der Waals surface area (Å²) in [6.45, 7) is 4.19. The van der Waals surface area contributed by atoms with E-state index < -0.39 is 5.41 Å². The van der Waals surface area contributed by atoms with E-state index in [1.54, 1.807) is 20.0 Å². The average Bonchev–Trinajstić information content (AvgIpc) is 3.37. The third-order valence-electron chi connectivity index (χ3n) is 6.28. The van der Waals surface area contributed by atoms with E-state index in [1.807, 2.05) is 61.5 Å². The summed E-state index contributed by atoms with van der Waals surface area (Å²) in [4.78, 5) is 42.1. The second-order valence-corrected chi connectivity index (χ2v) is 8.49. The highest BCUT2D eigenvalue weighted by Gasteiger charge is 2.54. The lowest BCUT2D eigenvalue weighted by Gasteiger charge is -2.30. The fourth-order valence-electron chi connectivity index (χ4n) is 4.52. The average molecular weight is 446 g/mol. The van der Waals surface area contributed by atoms with Crippen LogP contribution in [0.15, 0.2) is 65.2 Å². The highest BCUT2D eigenvalue weighted by Crippen LogP contribution is 2.41. The van der Waals surface area contributed by atoms with E-state index in [4.69, 9.17) is 4.52 Å². The molecule has 2 heterocycles. The summed E-state index contributed by atoms with van der Waals surface area (Å²) < 4.78 is 5.44. The first-order valence-electron chi connectivity index (χ1n) is 11.0. The Hall–Kier alpha value is -3.74. The molecule has 170 valence electrons. The zero-order valence-corrected chi connectivity index (χ0v) is 19.1. The summed E-state index contributed by atoms with van der Waals surface area (Å²) in [6, 6.07) is 18.9. The number of nitrogens with zero attached hydrogens (tertiary/aromatic N) is 3. The summed E-state index contributed by atoms with van der Waals surface area (Å²) in [7, 11) is 1.67. The van der Waals surface area contributed by atoms with Crippen LogP contribution in [0.1, 0.15) is 36.6 Å². The molecule has 1 aliphatic rings. The van der Waals surface area contributed by atoms with E-state index in [1.165, 1.54) is 9.80 Å². The molecular weight excluding hydrogens is 418 g/mol. The number of likely N-dealkylation sites (N-methyl/N-ethyl adjacent to an activating group) is 1. The van der Waals surface area contributed by atoms with Crippen LogP contribution in [0.2, 0.25) is 0 Å². The smallest absolute Gasteiger partial charge is 0.240 e. The van der Waals surface area contributed by atoms with Gasteiger partial charge in [-0.15, -0.1) is 0 Å². The molecule has 0 unspecified atom stereocenters. The summed E-state index contributed by atoms with van der Waals surface area (Å²) >= 11 is 0. The lowest BCUT2D eigenvalue weighted by Crippen LogP contribution is -2.43. The van der Waals surface area contributed by atoms with Gasteiger partial charge in [0.15, 0.2) is 5.76 Å². The predicted octanol–water partition coefficient (Wildman–Crippen LogP) is 3.72. The van der Waals surface area contributed by atoms with Crippen molar-refractivity contribution in [2.75, 3.05) is 13.6 Å². The number of likely N-dealkylation sites (tertiary alicyclic amines) is 1.